The first kappa shape index (κ1) is 18.2. The Morgan fingerprint density at radius 3 is 2.46 bits per heavy atom. The maximum Gasteiger partial charge on any atom is 0.410 e. The quantitative estimate of drug-likeness (QED) is 0.852. The van der Waals surface area contributed by atoms with Gasteiger partial charge in [-0.15, -0.1) is 0 Å². The van der Waals surface area contributed by atoms with Gasteiger partial charge in [-0.1, -0.05) is 12.1 Å². The summed E-state index contributed by atoms with van der Waals surface area (Å²) in [5, 5.41) is 0. The van der Waals surface area contributed by atoms with Crippen molar-refractivity contribution in [1.29, 1.82) is 0 Å². The van der Waals surface area contributed by atoms with Gasteiger partial charge in [0.1, 0.15) is 11.4 Å². The first-order valence-corrected chi connectivity index (χ1v) is 8.15. The maximum absolute atomic E-state index is 13.0. The molecule has 1 aromatic carbocycles. The number of amides is 2. The van der Waals surface area contributed by atoms with Crippen LogP contribution in [0.1, 0.15) is 39.7 Å². The van der Waals surface area contributed by atoms with Crippen molar-refractivity contribution in [1.82, 2.24) is 9.80 Å². The Bertz CT molecular complexity index is 595. The Morgan fingerprint density at radius 1 is 1.29 bits per heavy atom. The average Bonchev–Trinajstić information content (AvgIpc) is 2.94. The van der Waals surface area contributed by atoms with Crippen LogP contribution in [0.3, 0.4) is 0 Å². The molecule has 1 heterocycles. The smallest absolute Gasteiger partial charge is 0.410 e. The largest absolute Gasteiger partial charge is 0.444 e. The van der Waals surface area contributed by atoms with Crippen LogP contribution >= 0.6 is 0 Å². The van der Waals surface area contributed by atoms with Gasteiger partial charge < -0.3 is 14.5 Å². The summed E-state index contributed by atoms with van der Waals surface area (Å²) in [6, 6.07) is 6.06. The summed E-state index contributed by atoms with van der Waals surface area (Å²) in [7, 11) is 0. The standard InChI is InChI=1S/C18H25FN2O3/c1-13(22)21(11-14-5-7-15(19)8-6-14)16-9-10-20(12-16)17(23)24-18(2,3)4/h5-8,16H,9-12H2,1-4H3. The molecule has 5 nitrogen and oxygen atoms in total. The fourth-order valence-electron chi connectivity index (χ4n) is 2.77. The summed E-state index contributed by atoms with van der Waals surface area (Å²) in [4.78, 5) is 27.5. The first-order valence-electron chi connectivity index (χ1n) is 8.15. The lowest BCUT2D eigenvalue weighted by Gasteiger charge is -2.29. The molecule has 2 amide bonds. The third kappa shape index (κ3) is 4.94. The summed E-state index contributed by atoms with van der Waals surface area (Å²) in [6.07, 6.45) is 0.357. The molecule has 0 N–H and O–H groups in total. The van der Waals surface area contributed by atoms with Crippen LogP contribution in [0.4, 0.5) is 9.18 Å². The van der Waals surface area contributed by atoms with E-state index in [1.165, 1.54) is 19.1 Å². The first-order chi connectivity index (χ1) is 11.2. The monoisotopic (exact) mass is 336 g/mol. The second-order valence-electron chi connectivity index (χ2n) is 7.14. The summed E-state index contributed by atoms with van der Waals surface area (Å²) in [6.45, 7) is 8.42. The van der Waals surface area contributed by atoms with Crippen molar-refractivity contribution >= 4 is 12.0 Å². The number of rotatable bonds is 3. The molecule has 132 valence electrons. The van der Waals surface area contributed by atoms with E-state index in [4.69, 9.17) is 4.74 Å². The number of carbonyl (C=O) groups excluding carboxylic acids is 2. The van der Waals surface area contributed by atoms with E-state index in [-0.39, 0.29) is 23.9 Å². The van der Waals surface area contributed by atoms with Gasteiger partial charge in [0.2, 0.25) is 5.91 Å². The number of hydrogen-bond donors (Lipinski definition) is 0. The fourth-order valence-corrected chi connectivity index (χ4v) is 2.77. The molecular formula is C18H25FN2O3. The molecule has 1 aliphatic rings. The van der Waals surface area contributed by atoms with Crippen LogP contribution in [0.25, 0.3) is 0 Å². The molecule has 1 aromatic rings. The third-order valence-corrected chi connectivity index (χ3v) is 3.93. The van der Waals surface area contributed by atoms with Crippen LogP contribution in [-0.4, -0.2) is 46.5 Å². The minimum absolute atomic E-state index is 0.0555. The van der Waals surface area contributed by atoms with E-state index in [1.54, 1.807) is 21.9 Å². The zero-order valence-corrected chi connectivity index (χ0v) is 14.7. The van der Waals surface area contributed by atoms with Crippen molar-refractivity contribution in [3.63, 3.8) is 0 Å². The maximum atomic E-state index is 13.0. The van der Waals surface area contributed by atoms with Gasteiger partial charge in [0.15, 0.2) is 0 Å². The van der Waals surface area contributed by atoms with E-state index in [1.807, 2.05) is 20.8 Å². The second kappa shape index (κ2) is 7.20. The van der Waals surface area contributed by atoms with Crippen molar-refractivity contribution in [2.45, 2.75) is 52.3 Å². The molecule has 0 aromatic heterocycles. The number of halogens is 1. The lowest BCUT2D eigenvalue weighted by molar-refractivity contribution is -0.131. The highest BCUT2D eigenvalue weighted by Crippen LogP contribution is 2.21. The van der Waals surface area contributed by atoms with Crippen molar-refractivity contribution in [2.24, 2.45) is 0 Å². The van der Waals surface area contributed by atoms with E-state index in [9.17, 15) is 14.0 Å². The summed E-state index contributed by atoms with van der Waals surface area (Å²) >= 11 is 0. The number of carbonyl (C=O) groups is 2. The highest BCUT2D eigenvalue weighted by molar-refractivity contribution is 5.74. The van der Waals surface area contributed by atoms with Gasteiger partial charge in [-0.25, -0.2) is 9.18 Å². The number of benzene rings is 1. The van der Waals surface area contributed by atoms with E-state index in [0.717, 1.165) is 5.56 Å². The van der Waals surface area contributed by atoms with Crippen LogP contribution < -0.4 is 0 Å². The molecule has 1 unspecified atom stereocenters. The van der Waals surface area contributed by atoms with Crippen molar-refractivity contribution in [3.05, 3.63) is 35.6 Å². The predicted molar refractivity (Wildman–Crippen MR) is 88.8 cm³/mol. The van der Waals surface area contributed by atoms with Crippen LogP contribution in [-0.2, 0) is 16.1 Å². The van der Waals surface area contributed by atoms with E-state index in [0.29, 0.717) is 26.1 Å². The van der Waals surface area contributed by atoms with Crippen LogP contribution in [0.5, 0.6) is 0 Å². The Balaban J connectivity index is 2.01. The molecule has 1 fully saturated rings. The van der Waals surface area contributed by atoms with E-state index >= 15 is 0 Å². The number of ether oxygens (including phenoxy) is 1. The third-order valence-electron chi connectivity index (χ3n) is 3.93. The Morgan fingerprint density at radius 2 is 1.92 bits per heavy atom. The van der Waals surface area contributed by atoms with Gasteiger partial charge in [0.05, 0.1) is 6.04 Å². The van der Waals surface area contributed by atoms with Gasteiger partial charge in [0.25, 0.3) is 0 Å². The van der Waals surface area contributed by atoms with Crippen molar-refractivity contribution in [2.75, 3.05) is 13.1 Å². The highest BCUT2D eigenvalue weighted by Gasteiger charge is 2.33. The van der Waals surface area contributed by atoms with Crippen LogP contribution in [0, 0.1) is 5.82 Å². The molecule has 2 rings (SSSR count). The van der Waals surface area contributed by atoms with Gasteiger partial charge in [-0.05, 0) is 44.9 Å². The normalized spacial score (nSPS) is 17.7. The molecule has 24 heavy (non-hydrogen) atoms. The Kier molecular flexibility index (Phi) is 5.47. The van der Waals surface area contributed by atoms with Crippen molar-refractivity contribution in [3.8, 4) is 0 Å². The molecule has 1 aliphatic heterocycles. The van der Waals surface area contributed by atoms with Crippen molar-refractivity contribution < 1.29 is 18.7 Å². The van der Waals surface area contributed by atoms with Gasteiger partial charge in [-0.3, -0.25) is 4.79 Å². The molecule has 0 spiro atoms. The zero-order valence-electron chi connectivity index (χ0n) is 14.7. The average molecular weight is 336 g/mol. The lowest BCUT2D eigenvalue weighted by atomic mass is 10.1. The Labute approximate surface area is 142 Å². The summed E-state index contributed by atoms with van der Waals surface area (Å²) in [5.41, 5.74) is 0.325. The minimum atomic E-state index is -0.538. The topological polar surface area (TPSA) is 49.9 Å². The lowest BCUT2D eigenvalue weighted by Crippen LogP contribution is -2.42. The predicted octanol–water partition coefficient (Wildman–Crippen LogP) is 3.18. The SMILES string of the molecule is CC(=O)N(Cc1ccc(F)cc1)C1CCN(C(=O)OC(C)(C)C)C1. The molecule has 1 atom stereocenters. The molecule has 0 radical (unpaired) electrons. The highest BCUT2D eigenvalue weighted by atomic mass is 19.1. The van der Waals surface area contributed by atoms with Crippen LogP contribution in [0.2, 0.25) is 0 Å². The van der Waals surface area contributed by atoms with E-state index < -0.39 is 5.60 Å². The molecule has 0 aliphatic carbocycles. The second-order valence-corrected chi connectivity index (χ2v) is 7.14. The zero-order chi connectivity index (χ0) is 17.9. The minimum Gasteiger partial charge on any atom is -0.444 e. The molecule has 6 heteroatoms. The van der Waals surface area contributed by atoms with Gasteiger partial charge in [-0.2, -0.15) is 0 Å². The van der Waals surface area contributed by atoms with E-state index in [2.05, 4.69) is 0 Å². The van der Waals surface area contributed by atoms with Crippen LogP contribution in [0.15, 0.2) is 24.3 Å². The molecule has 1 saturated heterocycles. The van der Waals surface area contributed by atoms with Gasteiger partial charge in [0, 0.05) is 26.6 Å². The fraction of sp³-hybridized carbons (Fsp3) is 0.556. The number of likely N-dealkylation sites (tertiary alicyclic amines) is 1. The number of hydrogen-bond acceptors (Lipinski definition) is 3. The Hall–Kier alpha value is -2.11. The molecular weight excluding hydrogens is 311 g/mol. The molecule has 0 bridgehead atoms. The molecule has 0 saturated carbocycles. The number of nitrogens with zero attached hydrogens (tertiary/aromatic N) is 2. The van der Waals surface area contributed by atoms with Gasteiger partial charge >= 0.3 is 6.09 Å². The summed E-state index contributed by atoms with van der Waals surface area (Å²) in [5.74, 6) is -0.361. The summed E-state index contributed by atoms with van der Waals surface area (Å²) < 4.78 is 18.4.